The number of phenolic OH excluding ortho intramolecular Hbond substituents is 1. The maximum atomic E-state index is 10.8. The van der Waals surface area contributed by atoms with Crippen molar-refractivity contribution in [1.29, 1.82) is 0 Å². The molecule has 3 nitrogen and oxygen atoms in total. The van der Waals surface area contributed by atoms with Gasteiger partial charge in [-0.25, -0.2) is 9.98 Å². The monoisotopic (exact) mass is 374 g/mol. The summed E-state index contributed by atoms with van der Waals surface area (Å²) in [5, 5.41) is 10.8. The first-order valence-corrected chi connectivity index (χ1v) is 9.51. The lowest BCUT2D eigenvalue weighted by molar-refractivity contribution is 0.474. The third kappa shape index (κ3) is 3.13. The number of para-hydroxylation sites is 2. The van der Waals surface area contributed by atoms with E-state index in [1.165, 1.54) is 0 Å². The Bertz CT molecular complexity index is 1240. The topological polar surface area (TPSA) is 45.0 Å². The number of aromatic hydroxyl groups is 1. The zero-order chi connectivity index (χ0) is 19.6. The maximum Gasteiger partial charge on any atom is 0.125 e. The molecule has 0 atom stereocenters. The Balaban J connectivity index is 1.82. The van der Waals surface area contributed by atoms with Gasteiger partial charge in [0.05, 0.1) is 28.4 Å². The predicted molar refractivity (Wildman–Crippen MR) is 118 cm³/mol. The summed E-state index contributed by atoms with van der Waals surface area (Å²) >= 11 is 0. The molecule has 0 saturated heterocycles. The highest BCUT2D eigenvalue weighted by atomic mass is 16.3. The van der Waals surface area contributed by atoms with Crippen molar-refractivity contribution in [3.8, 4) is 5.75 Å². The van der Waals surface area contributed by atoms with Gasteiger partial charge in [0.1, 0.15) is 5.75 Å². The van der Waals surface area contributed by atoms with Crippen molar-refractivity contribution < 1.29 is 5.11 Å². The third-order valence-corrected chi connectivity index (χ3v) is 4.97. The molecule has 0 bridgehead atoms. The molecule has 0 spiro atoms. The van der Waals surface area contributed by atoms with Crippen LogP contribution in [-0.4, -0.2) is 16.5 Å². The van der Waals surface area contributed by atoms with Gasteiger partial charge in [-0.15, -0.1) is 0 Å². The van der Waals surface area contributed by atoms with E-state index in [0.717, 1.165) is 39.5 Å². The number of aliphatic imine (C=N–C) groups is 2. The summed E-state index contributed by atoms with van der Waals surface area (Å²) in [5.74, 6) is 0.201. The highest BCUT2D eigenvalue weighted by molar-refractivity contribution is 6.33. The second-order valence-electron chi connectivity index (χ2n) is 6.84. The molecule has 0 amide bonds. The fourth-order valence-corrected chi connectivity index (χ4v) is 3.66. The van der Waals surface area contributed by atoms with Crippen LogP contribution in [0.3, 0.4) is 0 Å². The number of nitrogens with zero attached hydrogens (tertiary/aromatic N) is 2. The van der Waals surface area contributed by atoms with Crippen molar-refractivity contribution in [2.45, 2.75) is 0 Å². The van der Waals surface area contributed by atoms with Crippen molar-refractivity contribution in [2.24, 2.45) is 9.98 Å². The SMILES string of the molecule is Oc1cccc2c1C(=Nc1ccccc1)c1ccccc1C2=Nc1ccccc1. The van der Waals surface area contributed by atoms with Gasteiger partial charge in [-0.2, -0.15) is 0 Å². The number of hydrogen-bond acceptors (Lipinski definition) is 3. The molecule has 4 aromatic rings. The fraction of sp³-hybridized carbons (Fsp3) is 0. The van der Waals surface area contributed by atoms with Crippen LogP contribution in [0.2, 0.25) is 0 Å². The van der Waals surface area contributed by atoms with E-state index >= 15 is 0 Å². The van der Waals surface area contributed by atoms with Gasteiger partial charge in [-0.05, 0) is 30.3 Å². The van der Waals surface area contributed by atoms with Crippen LogP contribution in [-0.2, 0) is 0 Å². The summed E-state index contributed by atoms with van der Waals surface area (Å²) in [7, 11) is 0. The second-order valence-corrected chi connectivity index (χ2v) is 6.84. The van der Waals surface area contributed by atoms with Crippen LogP contribution >= 0.6 is 0 Å². The van der Waals surface area contributed by atoms with Gasteiger partial charge in [0.15, 0.2) is 0 Å². The van der Waals surface area contributed by atoms with Crippen molar-refractivity contribution in [3.63, 3.8) is 0 Å². The van der Waals surface area contributed by atoms with Crippen molar-refractivity contribution >= 4 is 22.8 Å². The summed E-state index contributed by atoms with van der Waals surface area (Å²) in [6, 6.07) is 33.3. The highest BCUT2D eigenvalue weighted by Crippen LogP contribution is 2.35. The summed E-state index contributed by atoms with van der Waals surface area (Å²) in [6.07, 6.45) is 0. The van der Waals surface area contributed by atoms with Crippen LogP contribution in [0.25, 0.3) is 0 Å². The minimum absolute atomic E-state index is 0.201. The highest BCUT2D eigenvalue weighted by Gasteiger charge is 2.28. The van der Waals surface area contributed by atoms with Gasteiger partial charge < -0.3 is 5.11 Å². The van der Waals surface area contributed by atoms with Crippen LogP contribution in [0.5, 0.6) is 5.75 Å². The Kier molecular flexibility index (Phi) is 4.26. The number of benzene rings is 4. The van der Waals surface area contributed by atoms with Crippen LogP contribution in [0.1, 0.15) is 22.3 Å². The Morgan fingerprint density at radius 2 is 0.931 bits per heavy atom. The maximum absolute atomic E-state index is 10.8. The number of hydrogen-bond donors (Lipinski definition) is 1. The minimum Gasteiger partial charge on any atom is -0.507 e. The van der Waals surface area contributed by atoms with Crippen LogP contribution < -0.4 is 0 Å². The van der Waals surface area contributed by atoms with E-state index < -0.39 is 0 Å². The molecule has 0 aromatic heterocycles. The first kappa shape index (κ1) is 17.1. The van der Waals surface area contributed by atoms with Crippen molar-refractivity contribution in [2.75, 3.05) is 0 Å². The van der Waals surface area contributed by atoms with E-state index in [1.54, 1.807) is 6.07 Å². The molecule has 138 valence electrons. The van der Waals surface area contributed by atoms with E-state index in [4.69, 9.17) is 9.98 Å². The standard InChI is InChI=1S/C26H18N2O/c29-23-17-9-16-22-24(23)26(28-19-12-5-2-6-13-19)21-15-8-7-14-20(21)25(22)27-18-10-3-1-4-11-18/h1-17,29H. The third-order valence-electron chi connectivity index (χ3n) is 4.97. The Morgan fingerprint density at radius 3 is 1.55 bits per heavy atom. The molecular weight excluding hydrogens is 356 g/mol. The van der Waals surface area contributed by atoms with E-state index in [9.17, 15) is 5.11 Å². The fourth-order valence-electron chi connectivity index (χ4n) is 3.66. The smallest absolute Gasteiger partial charge is 0.125 e. The average Bonchev–Trinajstić information content (AvgIpc) is 2.77. The van der Waals surface area contributed by atoms with Gasteiger partial charge in [0, 0.05) is 16.7 Å². The molecule has 1 aliphatic rings. The van der Waals surface area contributed by atoms with E-state index in [-0.39, 0.29) is 5.75 Å². The molecule has 0 fully saturated rings. The van der Waals surface area contributed by atoms with Crippen LogP contribution in [0, 0.1) is 0 Å². The Hall–Kier alpha value is -3.98. The average molecular weight is 374 g/mol. The van der Waals surface area contributed by atoms with Gasteiger partial charge in [0.25, 0.3) is 0 Å². The van der Waals surface area contributed by atoms with Gasteiger partial charge in [0.2, 0.25) is 0 Å². The lowest BCUT2D eigenvalue weighted by Gasteiger charge is -2.24. The quantitative estimate of drug-likeness (QED) is 0.402. The van der Waals surface area contributed by atoms with E-state index in [2.05, 4.69) is 6.07 Å². The minimum atomic E-state index is 0.201. The Labute approximate surface area is 169 Å². The van der Waals surface area contributed by atoms with Crippen LogP contribution in [0.15, 0.2) is 113 Å². The molecule has 0 heterocycles. The molecule has 29 heavy (non-hydrogen) atoms. The van der Waals surface area contributed by atoms with Gasteiger partial charge in [-0.3, -0.25) is 0 Å². The van der Waals surface area contributed by atoms with Crippen molar-refractivity contribution in [3.05, 3.63) is 125 Å². The summed E-state index contributed by atoms with van der Waals surface area (Å²) in [4.78, 5) is 9.84. The Morgan fingerprint density at radius 1 is 0.448 bits per heavy atom. The lowest BCUT2D eigenvalue weighted by atomic mass is 9.82. The van der Waals surface area contributed by atoms with Crippen molar-refractivity contribution in [1.82, 2.24) is 0 Å². The molecule has 1 aliphatic carbocycles. The summed E-state index contributed by atoms with van der Waals surface area (Å²) < 4.78 is 0. The molecule has 0 saturated carbocycles. The van der Waals surface area contributed by atoms with Gasteiger partial charge >= 0.3 is 0 Å². The second kappa shape index (κ2) is 7.21. The first-order valence-electron chi connectivity index (χ1n) is 9.51. The lowest BCUT2D eigenvalue weighted by Crippen LogP contribution is -2.22. The first-order chi connectivity index (χ1) is 14.3. The predicted octanol–water partition coefficient (Wildman–Crippen LogP) is 6.04. The number of rotatable bonds is 2. The molecule has 0 radical (unpaired) electrons. The molecule has 1 N–H and O–H groups in total. The number of fused-ring (bicyclic) bond motifs is 2. The molecule has 4 aromatic carbocycles. The van der Waals surface area contributed by atoms with Gasteiger partial charge in [-0.1, -0.05) is 72.8 Å². The molecule has 0 unspecified atom stereocenters. The molecule has 5 rings (SSSR count). The van der Waals surface area contributed by atoms with Crippen LogP contribution in [0.4, 0.5) is 11.4 Å². The molecule has 3 heteroatoms. The molecular formula is C26H18N2O. The molecule has 0 aliphatic heterocycles. The zero-order valence-corrected chi connectivity index (χ0v) is 15.7. The van der Waals surface area contributed by atoms with E-state index in [1.807, 2.05) is 91.0 Å². The van der Waals surface area contributed by atoms with E-state index in [0.29, 0.717) is 5.56 Å². The zero-order valence-electron chi connectivity index (χ0n) is 15.7. The summed E-state index contributed by atoms with van der Waals surface area (Å²) in [6.45, 7) is 0. The summed E-state index contributed by atoms with van der Waals surface area (Å²) in [5.41, 5.74) is 6.86. The largest absolute Gasteiger partial charge is 0.507 e. The number of phenols is 1. The normalized spacial score (nSPS) is 15.2.